The van der Waals surface area contributed by atoms with Gasteiger partial charge in [0.15, 0.2) is 6.10 Å². The molecule has 0 aliphatic carbocycles. The van der Waals surface area contributed by atoms with Gasteiger partial charge in [-0.25, -0.2) is 0 Å². The van der Waals surface area contributed by atoms with Gasteiger partial charge in [-0.1, -0.05) is 12.1 Å². The highest BCUT2D eigenvalue weighted by molar-refractivity contribution is 6.08. The van der Waals surface area contributed by atoms with Crippen LogP contribution >= 0.6 is 0 Å². The lowest BCUT2D eigenvalue weighted by Crippen LogP contribution is -2.49. The summed E-state index contributed by atoms with van der Waals surface area (Å²) in [6, 6.07) is 7.04. The zero-order valence-electron chi connectivity index (χ0n) is 11.4. The molecule has 0 saturated heterocycles. The molecule has 0 bridgehead atoms. The van der Waals surface area contributed by atoms with Crippen molar-refractivity contribution in [3.63, 3.8) is 0 Å². The Kier molecular flexibility index (Phi) is 3.09. The van der Waals surface area contributed by atoms with Gasteiger partial charge in [-0.3, -0.25) is 14.7 Å². The molecule has 3 N–H and O–H groups in total. The normalized spacial score (nSPS) is 17.0. The van der Waals surface area contributed by atoms with E-state index in [-0.39, 0.29) is 12.5 Å². The fourth-order valence-electron chi connectivity index (χ4n) is 2.29. The highest BCUT2D eigenvalue weighted by Crippen LogP contribution is 2.34. The van der Waals surface area contributed by atoms with Crippen LogP contribution in [0, 0.1) is 6.92 Å². The summed E-state index contributed by atoms with van der Waals surface area (Å²) < 4.78 is 5.53. The molecule has 1 aliphatic heterocycles. The Morgan fingerprint density at radius 3 is 2.86 bits per heavy atom. The Balaban J connectivity index is 2.02. The minimum atomic E-state index is -0.865. The number of aromatic nitrogens is 2. The molecule has 0 fully saturated rings. The van der Waals surface area contributed by atoms with Crippen molar-refractivity contribution in [1.82, 2.24) is 10.2 Å². The van der Waals surface area contributed by atoms with Crippen LogP contribution in [-0.4, -0.2) is 34.7 Å². The Morgan fingerprint density at radius 1 is 1.43 bits per heavy atom. The molecule has 2 amide bonds. The number of anilines is 1. The smallest absolute Gasteiger partial charge is 0.261 e. The average molecular weight is 286 g/mol. The first-order valence-corrected chi connectivity index (χ1v) is 6.44. The highest BCUT2D eigenvalue weighted by Gasteiger charge is 2.33. The summed E-state index contributed by atoms with van der Waals surface area (Å²) in [6.07, 6.45) is 0.603. The van der Waals surface area contributed by atoms with Crippen molar-refractivity contribution in [2.45, 2.75) is 13.0 Å². The maximum atomic E-state index is 12.7. The first-order valence-electron chi connectivity index (χ1n) is 6.44. The third-order valence-electron chi connectivity index (χ3n) is 3.40. The third-order valence-corrected chi connectivity index (χ3v) is 3.40. The number of aromatic amines is 1. The van der Waals surface area contributed by atoms with Gasteiger partial charge in [-0.05, 0) is 19.1 Å². The first kappa shape index (κ1) is 13.2. The summed E-state index contributed by atoms with van der Waals surface area (Å²) in [6.45, 7) is 1.84. The number of nitrogens with two attached hydrogens (primary N) is 1. The lowest BCUT2D eigenvalue weighted by molar-refractivity contribution is -0.124. The molecule has 1 aromatic heterocycles. The van der Waals surface area contributed by atoms with E-state index in [4.69, 9.17) is 10.5 Å². The lowest BCUT2D eigenvalue weighted by atomic mass is 10.1. The molecule has 1 aliphatic rings. The van der Waals surface area contributed by atoms with Crippen molar-refractivity contribution in [3.8, 4) is 5.75 Å². The van der Waals surface area contributed by atoms with E-state index in [1.165, 1.54) is 11.1 Å². The second-order valence-corrected chi connectivity index (χ2v) is 4.80. The molecular weight excluding hydrogens is 272 g/mol. The fourth-order valence-corrected chi connectivity index (χ4v) is 2.29. The second-order valence-electron chi connectivity index (χ2n) is 4.80. The number of carbonyl (C=O) groups excluding carboxylic acids is 2. The van der Waals surface area contributed by atoms with Crippen LogP contribution in [0.5, 0.6) is 5.75 Å². The van der Waals surface area contributed by atoms with Crippen LogP contribution in [0.2, 0.25) is 0 Å². The third kappa shape index (κ3) is 2.22. The minimum Gasteiger partial charge on any atom is -0.477 e. The monoisotopic (exact) mass is 286 g/mol. The topological polar surface area (TPSA) is 101 Å². The Bertz CT molecular complexity index is 710. The van der Waals surface area contributed by atoms with E-state index in [1.807, 2.05) is 0 Å². The number of carbonyl (C=O) groups is 2. The van der Waals surface area contributed by atoms with E-state index < -0.39 is 12.0 Å². The van der Waals surface area contributed by atoms with Crippen LogP contribution in [0.3, 0.4) is 0 Å². The molecule has 108 valence electrons. The number of H-pyrrole nitrogens is 1. The fraction of sp³-hybridized carbons (Fsp3) is 0.214. The zero-order chi connectivity index (χ0) is 15.0. The molecule has 1 atom stereocenters. The van der Waals surface area contributed by atoms with Crippen molar-refractivity contribution in [1.29, 1.82) is 0 Å². The molecule has 7 heteroatoms. The van der Waals surface area contributed by atoms with Gasteiger partial charge >= 0.3 is 0 Å². The molecule has 1 unspecified atom stereocenters. The van der Waals surface area contributed by atoms with E-state index in [0.29, 0.717) is 22.7 Å². The first-order chi connectivity index (χ1) is 10.1. The van der Waals surface area contributed by atoms with Crippen molar-refractivity contribution in [3.05, 3.63) is 41.7 Å². The number of amides is 2. The quantitative estimate of drug-likeness (QED) is 0.844. The predicted octanol–water partition coefficient (Wildman–Crippen LogP) is 0.611. The number of rotatable bonds is 2. The van der Waals surface area contributed by atoms with Crippen LogP contribution < -0.4 is 15.4 Å². The number of nitrogens with one attached hydrogen (secondary N) is 1. The van der Waals surface area contributed by atoms with Gasteiger partial charge in [0.1, 0.15) is 5.75 Å². The molecule has 3 rings (SSSR count). The van der Waals surface area contributed by atoms with E-state index in [0.717, 1.165) is 0 Å². The zero-order valence-corrected chi connectivity index (χ0v) is 11.4. The van der Waals surface area contributed by atoms with Crippen LogP contribution in [0.15, 0.2) is 30.5 Å². The van der Waals surface area contributed by atoms with Crippen LogP contribution in [0.1, 0.15) is 16.1 Å². The van der Waals surface area contributed by atoms with Gasteiger partial charge in [-0.2, -0.15) is 5.10 Å². The Labute approximate surface area is 120 Å². The molecule has 2 heterocycles. The summed E-state index contributed by atoms with van der Waals surface area (Å²) >= 11 is 0. The van der Waals surface area contributed by atoms with Crippen molar-refractivity contribution in [2.75, 3.05) is 11.4 Å². The van der Waals surface area contributed by atoms with Crippen LogP contribution in [0.25, 0.3) is 0 Å². The molecule has 0 spiro atoms. The van der Waals surface area contributed by atoms with Gasteiger partial charge < -0.3 is 15.4 Å². The maximum absolute atomic E-state index is 12.7. The number of fused-ring (bicyclic) bond motifs is 1. The van der Waals surface area contributed by atoms with Crippen molar-refractivity contribution < 1.29 is 14.3 Å². The summed E-state index contributed by atoms with van der Waals surface area (Å²) in [4.78, 5) is 25.6. The standard InChI is InChI=1S/C14H14N4O3/c1-8-9(6-16-17-8)14(20)18-7-12(13(15)19)21-11-5-3-2-4-10(11)18/h2-6,12H,7H2,1H3,(H2,15,19)(H,16,17). The van der Waals surface area contributed by atoms with Crippen LogP contribution in [0.4, 0.5) is 5.69 Å². The number of hydrogen-bond acceptors (Lipinski definition) is 4. The highest BCUT2D eigenvalue weighted by atomic mass is 16.5. The van der Waals surface area contributed by atoms with E-state index >= 15 is 0 Å². The van der Waals surface area contributed by atoms with Crippen molar-refractivity contribution in [2.24, 2.45) is 5.73 Å². The summed E-state index contributed by atoms with van der Waals surface area (Å²) in [5.74, 6) is -0.392. The van der Waals surface area contributed by atoms with Gasteiger partial charge in [0.25, 0.3) is 11.8 Å². The van der Waals surface area contributed by atoms with E-state index in [1.54, 1.807) is 31.2 Å². The number of benzene rings is 1. The number of nitrogens with zero attached hydrogens (tertiary/aromatic N) is 2. The SMILES string of the molecule is Cc1[nH]ncc1C(=O)N1CC(C(N)=O)Oc2ccccc21. The molecule has 7 nitrogen and oxygen atoms in total. The molecule has 21 heavy (non-hydrogen) atoms. The maximum Gasteiger partial charge on any atom is 0.261 e. The largest absolute Gasteiger partial charge is 0.477 e. The second kappa shape index (κ2) is 4.93. The number of primary amides is 1. The summed E-state index contributed by atoms with van der Waals surface area (Å²) in [5.41, 5.74) is 7.05. The molecular formula is C14H14N4O3. The van der Waals surface area contributed by atoms with Gasteiger partial charge in [0.05, 0.1) is 24.0 Å². The molecule has 1 aromatic carbocycles. The van der Waals surface area contributed by atoms with E-state index in [2.05, 4.69) is 10.2 Å². The van der Waals surface area contributed by atoms with Crippen molar-refractivity contribution >= 4 is 17.5 Å². The summed E-state index contributed by atoms with van der Waals surface area (Å²) in [5, 5.41) is 6.58. The van der Waals surface area contributed by atoms with Crippen LogP contribution in [-0.2, 0) is 4.79 Å². The van der Waals surface area contributed by atoms with Gasteiger partial charge in [0.2, 0.25) is 0 Å². The Hall–Kier alpha value is -2.83. The van der Waals surface area contributed by atoms with Gasteiger partial charge in [-0.15, -0.1) is 0 Å². The molecule has 0 radical (unpaired) electrons. The van der Waals surface area contributed by atoms with E-state index in [9.17, 15) is 9.59 Å². The lowest BCUT2D eigenvalue weighted by Gasteiger charge is -2.33. The molecule has 0 saturated carbocycles. The Morgan fingerprint density at radius 2 is 2.19 bits per heavy atom. The average Bonchev–Trinajstić information content (AvgIpc) is 2.91. The number of hydrogen-bond donors (Lipinski definition) is 2. The van der Waals surface area contributed by atoms with Gasteiger partial charge in [0, 0.05) is 5.69 Å². The number of ether oxygens (including phenoxy) is 1. The number of aryl methyl sites for hydroxylation is 1. The summed E-state index contributed by atoms with van der Waals surface area (Å²) in [7, 11) is 0. The minimum absolute atomic E-state index is 0.0792. The number of para-hydroxylation sites is 2. The molecule has 2 aromatic rings. The predicted molar refractivity (Wildman–Crippen MR) is 75.1 cm³/mol.